The third kappa shape index (κ3) is 7.21. The number of alkyl carbamates (subject to hydrolysis) is 1. The summed E-state index contributed by atoms with van der Waals surface area (Å²) in [6, 6.07) is 18.2. The van der Waals surface area contributed by atoms with Crippen molar-refractivity contribution in [3.8, 4) is 0 Å². The molecule has 0 spiro atoms. The van der Waals surface area contributed by atoms with Crippen LogP contribution in [0.4, 0.5) is 4.79 Å². The Kier molecular flexibility index (Phi) is 8.59. The van der Waals surface area contributed by atoms with E-state index in [4.69, 9.17) is 4.74 Å². The summed E-state index contributed by atoms with van der Waals surface area (Å²) in [4.78, 5) is 36.5. The quantitative estimate of drug-likeness (QED) is 0.178. The zero-order chi connectivity index (χ0) is 23.5. The van der Waals surface area contributed by atoms with Crippen LogP contribution in [0.15, 0.2) is 90.2 Å². The van der Waals surface area contributed by atoms with Gasteiger partial charge in [-0.3, -0.25) is 9.59 Å². The molecule has 33 heavy (non-hydrogen) atoms. The number of carbonyl (C=O) groups excluding carboxylic acids is 3. The van der Waals surface area contributed by atoms with E-state index in [0.29, 0.717) is 19.4 Å². The molecule has 3 N–H and O–H groups in total. The molecular weight excluding hydrogens is 420 g/mol. The van der Waals surface area contributed by atoms with Crippen LogP contribution in [0.2, 0.25) is 0 Å². The van der Waals surface area contributed by atoms with Gasteiger partial charge in [-0.1, -0.05) is 78.9 Å². The Morgan fingerprint density at radius 3 is 2.45 bits per heavy atom. The Hall–Kier alpha value is -4.13. The van der Waals surface area contributed by atoms with E-state index in [-0.39, 0.29) is 17.9 Å². The molecule has 1 fully saturated rings. The highest BCUT2D eigenvalue weighted by Crippen LogP contribution is 2.18. The predicted molar refractivity (Wildman–Crippen MR) is 125 cm³/mol. The maximum absolute atomic E-state index is 12.5. The van der Waals surface area contributed by atoms with E-state index in [1.165, 1.54) is 6.08 Å². The minimum absolute atomic E-state index is 0.172. The molecule has 3 rings (SSSR count). The van der Waals surface area contributed by atoms with Crippen LogP contribution in [0.1, 0.15) is 24.0 Å². The first kappa shape index (κ1) is 23.5. The van der Waals surface area contributed by atoms with Crippen LogP contribution in [0.25, 0.3) is 6.08 Å². The predicted octanol–water partition coefficient (Wildman–Crippen LogP) is 3.84. The van der Waals surface area contributed by atoms with Crippen LogP contribution < -0.4 is 10.6 Å². The molecular formula is C26H26N2O5. The lowest BCUT2D eigenvalue weighted by molar-refractivity contribution is -0.117. The fourth-order valence-electron chi connectivity index (χ4n) is 3.26. The molecule has 7 nitrogen and oxygen atoms in total. The van der Waals surface area contributed by atoms with Crippen molar-refractivity contribution in [1.82, 2.24) is 10.6 Å². The van der Waals surface area contributed by atoms with Crippen LogP contribution in [-0.2, 0) is 20.9 Å². The van der Waals surface area contributed by atoms with E-state index in [2.05, 4.69) is 10.6 Å². The molecule has 0 aliphatic carbocycles. The number of allylic oxidation sites excluding steroid dienone is 3. The van der Waals surface area contributed by atoms with Gasteiger partial charge in [0.25, 0.3) is 5.91 Å². The number of amides is 2. The molecule has 1 aliphatic rings. The fraction of sp³-hybridized carbons (Fsp3) is 0.192. The lowest BCUT2D eigenvalue weighted by Crippen LogP contribution is -2.31. The van der Waals surface area contributed by atoms with Gasteiger partial charge in [0.05, 0.1) is 6.04 Å². The highest BCUT2D eigenvalue weighted by atomic mass is 16.5. The number of aliphatic hydroxyl groups is 1. The van der Waals surface area contributed by atoms with Gasteiger partial charge in [-0.05, 0) is 30.0 Å². The first-order chi connectivity index (χ1) is 16.0. The average Bonchev–Trinajstić information content (AvgIpc) is 3.12. The summed E-state index contributed by atoms with van der Waals surface area (Å²) in [6.07, 6.45) is 6.67. The topological polar surface area (TPSA) is 105 Å². The van der Waals surface area contributed by atoms with Crippen molar-refractivity contribution in [1.29, 1.82) is 0 Å². The van der Waals surface area contributed by atoms with Crippen molar-refractivity contribution in [3.05, 3.63) is 101 Å². The van der Waals surface area contributed by atoms with Crippen LogP contribution >= 0.6 is 0 Å². The summed E-state index contributed by atoms with van der Waals surface area (Å²) in [5.41, 5.74) is 1.62. The van der Waals surface area contributed by atoms with E-state index < -0.39 is 23.8 Å². The van der Waals surface area contributed by atoms with Crippen molar-refractivity contribution < 1.29 is 24.2 Å². The SMILES string of the molecule is O=C(NCCCC1NC(=O)/C(=C(/O)C=CC=Cc2ccccc2)C1=O)OCc1ccccc1. The number of carbonyl (C=O) groups is 3. The molecule has 0 bridgehead atoms. The maximum Gasteiger partial charge on any atom is 0.407 e. The average molecular weight is 447 g/mol. The second kappa shape index (κ2) is 12.0. The van der Waals surface area contributed by atoms with Gasteiger partial charge in [0.2, 0.25) is 0 Å². The van der Waals surface area contributed by atoms with Crippen molar-refractivity contribution in [2.45, 2.75) is 25.5 Å². The molecule has 7 heteroatoms. The van der Waals surface area contributed by atoms with Crippen molar-refractivity contribution in [2.24, 2.45) is 0 Å². The van der Waals surface area contributed by atoms with Gasteiger partial charge in [-0.15, -0.1) is 0 Å². The molecule has 2 amide bonds. The Labute approximate surface area is 192 Å². The van der Waals surface area contributed by atoms with Gasteiger partial charge in [0, 0.05) is 6.54 Å². The molecule has 1 aliphatic heterocycles. The number of aliphatic hydroxyl groups excluding tert-OH is 1. The second-order valence-corrected chi connectivity index (χ2v) is 7.41. The Morgan fingerprint density at radius 1 is 1.03 bits per heavy atom. The number of rotatable bonds is 9. The van der Waals surface area contributed by atoms with Gasteiger partial charge >= 0.3 is 6.09 Å². The highest BCUT2D eigenvalue weighted by Gasteiger charge is 2.37. The molecule has 0 aromatic heterocycles. The molecule has 170 valence electrons. The summed E-state index contributed by atoms with van der Waals surface area (Å²) in [5.74, 6) is -1.43. The second-order valence-electron chi connectivity index (χ2n) is 7.41. The van der Waals surface area contributed by atoms with Gasteiger partial charge < -0.3 is 20.5 Å². The molecule has 1 saturated heterocycles. The summed E-state index contributed by atoms with van der Waals surface area (Å²) in [7, 11) is 0. The van der Waals surface area contributed by atoms with Gasteiger partial charge in [-0.25, -0.2) is 4.79 Å². The van der Waals surface area contributed by atoms with E-state index >= 15 is 0 Å². The fourth-order valence-corrected chi connectivity index (χ4v) is 3.26. The number of nitrogens with one attached hydrogen (secondary N) is 2. The lowest BCUT2D eigenvalue weighted by Gasteiger charge is -2.09. The Bertz CT molecular complexity index is 1060. The molecule has 0 radical (unpaired) electrons. The Balaban J connectivity index is 1.42. The largest absolute Gasteiger partial charge is 0.507 e. The number of benzene rings is 2. The van der Waals surface area contributed by atoms with Crippen LogP contribution in [0.5, 0.6) is 0 Å². The number of ether oxygens (including phenoxy) is 1. The lowest BCUT2D eigenvalue weighted by atomic mass is 10.0. The molecule has 0 saturated carbocycles. The van der Waals surface area contributed by atoms with E-state index in [1.54, 1.807) is 12.2 Å². The summed E-state index contributed by atoms with van der Waals surface area (Å²) < 4.78 is 5.12. The number of ketones is 1. The smallest absolute Gasteiger partial charge is 0.407 e. The first-order valence-electron chi connectivity index (χ1n) is 10.7. The van der Waals surface area contributed by atoms with Gasteiger partial charge in [0.15, 0.2) is 5.78 Å². The highest BCUT2D eigenvalue weighted by molar-refractivity contribution is 6.27. The zero-order valence-corrected chi connectivity index (χ0v) is 18.1. The third-order valence-electron chi connectivity index (χ3n) is 4.96. The minimum Gasteiger partial charge on any atom is -0.507 e. The molecule has 2 aromatic carbocycles. The molecule has 1 heterocycles. The summed E-state index contributed by atoms with van der Waals surface area (Å²) in [6.45, 7) is 0.466. The van der Waals surface area contributed by atoms with Crippen molar-refractivity contribution >= 4 is 23.9 Å². The van der Waals surface area contributed by atoms with Crippen molar-refractivity contribution in [2.75, 3.05) is 6.54 Å². The number of Topliss-reactive ketones (excluding diaryl/α,β-unsaturated/α-hetero) is 1. The molecule has 1 atom stereocenters. The standard InChI is InChI=1S/C26H26N2O5/c29-22(16-8-7-12-19-10-3-1-4-11-19)23-24(30)21(28-25(23)31)15-9-17-27-26(32)33-18-20-13-5-2-6-14-20/h1-8,10-14,16,21,29H,9,15,17-18H2,(H,27,32)(H,28,31)/b12-7?,16-8?,23-22+. The van der Waals surface area contributed by atoms with Gasteiger partial charge in [-0.2, -0.15) is 0 Å². The van der Waals surface area contributed by atoms with Crippen LogP contribution in [-0.4, -0.2) is 35.5 Å². The molecule has 1 unspecified atom stereocenters. The zero-order valence-electron chi connectivity index (χ0n) is 18.1. The minimum atomic E-state index is -0.731. The van der Waals surface area contributed by atoms with E-state index in [9.17, 15) is 19.5 Å². The van der Waals surface area contributed by atoms with E-state index in [0.717, 1.165) is 11.1 Å². The van der Waals surface area contributed by atoms with Crippen LogP contribution in [0.3, 0.4) is 0 Å². The third-order valence-corrected chi connectivity index (χ3v) is 4.96. The van der Waals surface area contributed by atoms with E-state index in [1.807, 2.05) is 66.7 Å². The summed E-state index contributed by atoms with van der Waals surface area (Å²) in [5, 5.41) is 15.4. The Morgan fingerprint density at radius 2 is 1.73 bits per heavy atom. The number of hydrogen-bond acceptors (Lipinski definition) is 5. The summed E-state index contributed by atoms with van der Waals surface area (Å²) >= 11 is 0. The normalized spacial score (nSPS) is 17.4. The first-order valence-corrected chi connectivity index (χ1v) is 10.7. The van der Waals surface area contributed by atoms with Gasteiger partial charge in [0.1, 0.15) is 17.9 Å². The van der Waals surface area contributed by atoms with Crippen molar-refractivity contribution in [3.63, 3.8) is 0 Å². The molecule has 2 aromatic rings. The van der Waals surface area contributed by atoms with Crippen LogP contribution in [0, 0.1) is 0 Å². The maximum atomic E-state index is 12.5. The monoisotopic (exact) mass is 446 g/mol. The number of hydrogen-bond donors (Lipinski definition) is 3.